The SMILES string of the molecule is CC/C=C\C/C=C\C/C=C\C/C=C\C/C=C\C/C=C\CCCCC(=O)OCC(O)COP(=O)(O)OCCNC(=O)CCCCCCCCCCCCCC. The molecule has 0 aliphatic carbocycles. The molecule has 0 spiro atoms. The molecular formula is C44H76NO8P. The van der Waals surface area contributed by atoms with Crippen LogP contribution in [0.4, 0.5) is 0 Å². The Kier molecular flexibility index (Phi) is 38.2. The summed E-state index contributed by atoms with van der Waals surface area (Å²) in [5, 5.41) is 12.7. The first-order valence-electron chi connectivity index (χ1n) is 20.9. The molecular weight excluding hydrogens is 701 g/mol. The van der Waals surface area contributed by atoms with E-state index in [2.05, 4.69) is 92.1 Å². The summed E-state index contributed by atoms with van der Waals surface area (Å²) < 4.78 is 26.8. The van der Waals surface area contributed by atoms with Crippen LogP contribution in [0.3, 0.4) is 0 Å². The molecule has 9 nitrogen and oxygen atoms in total. The molecule has 0 fully saturated rings. The summed E-state index contributed by atoms with van der Waals surface area (Å²) >= 11 is 0. The summed E-state index contributed by atoms with van der Waals surface area (Å²) in [5.74, 6) is -0.565. The molecule has 10 heteroatoms. The molecule has 0 aromatic carbocycles. The third-order valence-electron chi connectivity index (χ3n) is 8.40. The van der Waals surface area contributed by atoms with E-state index in [1.165, 1.54) is 57.8 Å². The van der Waals surface area contributed by atoms with E-state index < -0.39 is 26.5 Å². The molecule has 310 valence electrons. The fourth-order valence-electron chi connectivity index (χ4n) is 5.26. The molecule has 0 bridgehead atoms. The van der Waals surface area contributed by atoms with E-state index >= 15 is 0 Å². The van der Waals surface area contributed by atoms with E-state index in [0.29, 0.717) is 12.8 Å². The fraction of sp³-hybridized carbons (Fsp3) is 0.682. The number of carbonyl (C=O) groups excluding carboxylic acids is 2. The highest BCUT2D eigenvalue weighted by Crippen LogP contribution is 2.42. The molecule has 0 rings (SSSR count). The Labute approximate surface area is 329 Å². The summed E-state index contributed by atoms with van der Waals surface area (Å²) in [5.41, 5.74) is 0. The Morgan fingerprint density at radius 1 is 0.593 bits per heavy atom. The molecule has 2 atom stereocenters. The first kappa shape index (κ1) is 51.5. The van der Waals surface area contributed by atoms with Crippen molar-refractivity contribution in [3.8, 4) is 0 Å². The first-order valence-corrected chi connectivity index (χ1v) is 22.4. The molecule has 1 amide bonds. The Bertz CT molecular complexity index is 1110. The number of amides is 1. The quantitative estimate of drug-likeness (QED) is 0.0244. The van der Waals surface area contributed by atoms with Crippen molar-refractivity contribution in [2.24, 2.45) is 0 Å². The van der Waals surface area contributed by atoms with E-state index in [4.69, 9.17) is 13.8 Å². The number of phosphoric acid groups is 1. The summed E-state index contributed by atoms with van der Waals surface area (Å²) in [7, 11) is -4.43. The number of hydrogen-bond acceptors (Lipinski definition) is 7. The Morgan fingerprint density at radius 2 is 1.06 bits per heavy atom. The van der Waals surface area contributed by atoms with Crippen LogP contribution in [-0.2, 0) is 27.9 Å². The highest BCUT2D eigenvalue weighted by Gasteiger charge is 2.23. The van der Waals surface area contributed by atoms with Gasteiger partial charge in [0.05, 0.1) is 13.2 Å². The van der Waals surface area contributed by atoms with Crippen molar-refractivity contribution in [2.45, 2.75) is 168 Å². The van der Waals surface area contributed by atoms with Gasteiger partial charge in [0.2, 0.25) is 5.91 Å². The van der Waals surface area contributed by atoms with Gasteiger partial charge in [0.15, 0.2) is 0 Å². The van der Waals surface area contributed by atoms with E-state index in [9.17, 15) is 24.2 Å². The molecule has 0 saturated heterocycles. The number of allylic oxidation sites excluding steroid dienone is 12. The number of aliphatic hydroxyl groups excluding tert-OH is 1. The van der Waals surface area contributed by atoms with Gasteiger partial charge in [-0.15, -0.1) is 0 Å². The molecule has 2 unspecified atom stereocenters. The molecule has 0 aromatic heterocycles. The largest absolute Gasteiger partial charge is 0.472 e. The normalized spacial score (nSPS) is 14.1. The number of hydrogen-bond donors (Lipinski definition) is 3. The molecule has 0 aliphatic rings. The predicted octanol–water partition coefficient (Wildman–Crippen LogP) is 11.5. The van der Waals surface area contributed by atoms with Crippen LogP contribution in [-0.4, -0.2) is 54.3 Å². The van der Waals surface area contributed by atoms with Crippen LogP contribution in [0.5, 0.6) is 0 Å². The van der Waals surface area contributed by atoms with Gasteiger partial charge in [0.25, 0.3) is 0 Å². The number of rotatable bonds is 38. The average Bonchev–Trinajstić information content (AvgIpc) is 3.16. The Balaban J connectivity index is 3.71. The maximum absolute atomic E-state index is 12.1. The van der Waals surface area contributed by atoms with Crippen molar-refractivity contribution >= 4 is 19.7 Å². The van der Waals surface area contributed by atoms with Crippen LogP contribution in [0.2, 0.25) is 0 Å². The maximum Gasteiger partial charge on any atom is 0.472 e. The van der Waals surface area contributed by atoms with Crippen molar-refractivity contribution in [1.82, 2.24) is 5.32 Å². The third-order valence-corrected chi connectivity index (χ3v) is 9.39. The lowest BCUT2D eigenvalue weighted by Crippen LogP contribution is -2.27. The van der Waals surface area contributed by atoms with E-state index in [-0.39, 0.29) is 32.1 Å². The molecule has 0 saturated carbocycles. The van der Waals surface area contributed by atoms with Gasteiger partial charge in [-0.25, -0.2) is 4.57 Å². The van der Waals surface area contributed by atoms with E-state index in [1.54, 1.807) is 0 Å². The van der Waals surface area contributed by atoms with Crippen LogP contribution >= 0.6 is 7.82 Å². The molecule has 54 heavy (non-hydrogen) atoms. The molecule has 0 aromatic rings. The van der Waals surface area contributed by atoms with Crippen LogP contribution < -0.4 is 5.32 Å². The molecule has 0 aliphatic heterocycles. The summed E-state index contributed by atoms with van der Waals surface area (Å²) in [4.78, 5) is 33.8. The number of aliphatic hydroxyl groups is 1. The van der Waals surface area contributed by atoms with Crippen molar-refractivity contribution in [1.29, 1.82) is 0 Å². The second-order valence-corrected chi connectivity index (χ2v) is 15.0. The summed E-state index contributed by atoms with van der Waals surface area (Å²) in [6.07, 6.45) is 48.3. The number of nitrogens with one attached hydrogen (secondary N) is 1. The van der Waals surface area contributed by atoms with E-state index in [0.717, 1.165) is 70.6 Å². The van der Waals surface area contributed by atoms with Gasteiger partial charge in [-0.3, -0.25) is 18.6 Å². The first-order chi connectivity index (χ1) is 26.3. The number of unbranched alkanes of at least 4 members (excludes halogenated alkanes) is 13. The average molecular weight is 778 g/mol. The van der Waals surface area contributed by atoms with Gasteiger partial charge in [-0.1, -0.05) is 157 Å². The van der Waals surface area contributed by atoms with Gasteiger partial charge >= 0.3 is 13.8 Å². The number of esters is 1. The Morgan fingerprint density at radius 3 is 1.57 bits per heavy atom. The standard InChI is InChI=1S/C44H76NO8P/c1-3-5-7-9-11-13-15-17-18-19-20-21-22-23-24-25-27-29-31-33-35-37-44(48)51-40-42(46)41-53-54(49,50)52-39-38-45-43(47)36-34-32-30-28-26-16-14-12-10-8-6-4-2/h5,7,11,13,17-18,20-21,23-24,27,29,42,46H,3-4,6,8-10,12,14-16,19,22,25-26,28,30-41H2,1-2H3,(H,45,47)(H,49,50)/b7-5-,13-11-,18-17-,21-20-,24-23-,29-27-. The lowest BCUT2D eigenvalue weighted by molar-refractivity contribution is -0.147. The minimum atomic E-state index is -4.43. The van der Waals surface area contributed by atoms with Gasteiger partial charge in [0.1, 0.15) is 12.7 Å². The maximum atomic E-state index is 12.1. The second-order valence-electron chi connectivity index (χ2n) is 13.6. The minimum absolute atomic E-state index is 0.0747. The second kappa shape index (κ2) is 40.1. The topological polar surface area (TPSA) is 131 Å². The molecule has 0 radical (unpaired) electrons. The van der Waals surface area contributed by atoms with Crippen molar-refractivity contribution < 1.29 is 37.9 Å². The highest BCUT2D eigenvalue weighted by molar-refractivity contribution is 7.47. The molecule has 0 heterocycles. The number of carbonyl (C=O) groups is 2. The zero-order chi connectivity index (χ0) is 39.6. The lowest BCUT2D eigenvalue weighted by atomic mass is 10.0. The minimum Gasteiger partial charge on any atom is -0.463 e. The zero-order valence-electron chi connectivity index (χ0n) is 33.9. The molecule has 3 N–H and O–H groups in total. The number of phosphoric ester groups is 1. The van der Waals surface area contributed by atoms with Gasteiger partial charge in [0, 0.05) is 19.4 Å². The number of ether oxygens (including phenoxy) is 1. The summed E-state index contributed by atoms with van der Waals surface area (Å²) in [6, 6.07) is 0. The predicted molar refractivity (Wildman–Crippen MR) is 224 cm³/mol. The van der Waals surface area contributed by atoms with Gasteiger partial charge in [-0.05, 0) is 64.2 Å². The summed E-state index contributed by atoms with van der Waals surface area (Å²) in [6.45, 7) is 3.37. The lowest BCUT2D eigenvalue weighted by Gasteiger charge is -2.15. The van der Waals surface area contributed by atoms with Crippen molar-refractivity contribution in [3.63, 3.8) is 0 Å². The Hall–Kier alpha value is -2.55. The van der Waals surface area contributed by atoms with Crippen LogP contribution in [0, 0.1) is 0 Å². The van der Waals surface area contributed by atoms with Crippen LogP contribution in [0.15, 0.2) is 72.9 Å². The van der Waals surface area contributed by atoms with Crippen LogP contribution in [0.1, 0.15) is 162 Å². The fourth-order valence-corrected chi connectivity index (χ4v) is 6.02. The van der Waals surface area contributed by atoms with E-state index in [1.807, 2.05) is 0 Å². The smallest absolute Gasteiger partial charge is 0.463 e. The van der Waals surface area contributed by atoms with Crippen molar-refractivity contribution in [2.75, 3.05) is 26.4 Å². The van der Waals surface area contributed by atoms with Gasteiger partial charge in [-0.2, -0.15) is 0 Å². The van der Waals surface area contributed by atoms with Crippen LogP contribution in [0.25, 0.3) is 0 Å². The van der Waals surface area contributed by atoms with Gasteiger partial charge < -0.3 is 20.1 Å². The highest BCUT2D eigenvalue weighted by atomic mass is 31.2. The monoisotopic (exact) mass is 778 g/mol. The van der Waals surface area contributed by atoms with Crippen molar-refractivity contribution in [3.05, 3.63) is 72.9 Å². The third kappa shape index (κ3) is 40.6. The zero-order valence-corrected chi connectivity index (χ0v) is 34.8.